The van der Waals surface area contributed by atoms with Gasteiger partial charge in [0.1, 0.15) is 23.3 Å². The van der Waals surface area contributed by atoms with Crippen LogP contribution in [0.25, 0.3) is 135 Å². The van der Waals surface area contributed by atoms with E-state index in [2.05, 4.69) is 88.4 Å². The fraction of sp³-hybridized carbons (Fsp3) is 0.104. The molecule has 0 N–H and O–H groups in total. The summed E-state index contributed by atoms with van der Waals surface area (Å²) in [6.45, 7) is -23.3. The largest absolute Gasteiger partial charge is 0.304 e. The van der Waals surface area contributed by atoms with Crippen molar-refractivity contribution in [3.63, 3.8) is 0 Å². The topological polar surface area (TPSA) is 103 Å². The summed E-state index contributed by atoms with van der Waals surface area (Å²) in [6, 6.07) is 131. The van der Waals surface area contributed by atoms with Crippen LogP contribution in [0.1, 0.15) is 119 Å². The van der Waals surface area contributed by atoms with Crippen molar-refractivity contribution in [3.8, 4) is 135 Å². The molecule has 0 spiro atoms. The summed E-state index contributed by atoms with van der Waals surface area (Å²) in [5.74, 6) is -8.48. The zero-order valence-electron chi connectivity index (χ0n) is 104. The molecule has 0 atom stereocenters. The van der Waals surface area contributed by atoms with Gasteiger partial charge in [-0.25, -0.2) is 17.6 Å². The summed E-state index contributed by atoms with van der Waals surface area (Å²) in [7, 11) is 0. The van der Waals surface area contributed by atoms with Crippen LogP contribution in [0, 0.1) is 105 Å². The van der Waals surface area contributed by atoms with E-state index in [-0.39, 0.29) is 126 Å². The molecule has 4 radical (unpaired) electrons. The zero-order valence-corrected chi connectivity index (χ0v) is 84.3. The van der Waals surface area contributed by atoms with Crippen LogP contribution in [0.5, 0.6) is 0 Å². The third-order valence-corrected chi connectivity index (χ3v) is 20.1. The van der Waals surface area contributed by atoms with Gasteiger partial charge in [0.25, 0.3) is 0 Å². The Morgan fingerprint density at radius 3 is 0.738 bits per heavy atom. The van der Waals surface area contributed by atoms with Gasteiger partial charge in [-0.3, -0.25) is 0 Å². The van der Waals surface area contributed by atoms with Crippen molar-refractivity contribution >= 4 is 0 Å². The summed E-state index contributed by atoms with van der Waals surface area (Å²) in [6.07, 6.45) is 11.1. The molecule has 8 nitrogen and oxygen atoms in total. The fourth-order valence-electron chi connectivity index (χ4n) is 13.0. The maximum Gasteiger partial charge on any atom is 0.126 e. The standard InChI is InChI=1S/C21H19FN.C20H17FN.C19H15FN.C17H11FN.4C12H10N.4Ir/c1-15(2)12-19-13-17(8-10-20(19)22)18-9-11-21(23-14-18)16-6-4-3-5-7-16;1-14(2)18-12-16(8-10-19(18)21)17-9-11-20(22-13-17)15-6-4-3-5-7-15;1-2-14-12-16(8-10-18(14)20)17-9-11-19(21-13-17)15-6-4-3-5-7-15;18-16-9-6-13(7-10-16)15-8-11-17(19-12-15)14-4-2-1-3-5-14;4*1-10-7-8-12(13-9-10)11-5-3-2-4-6-11;;;;/h3-6,8-11,13-15H,12H2,1-2H3;3-6,8-14H,1-2H3;3-6,8-13H,2H2,1H3;1-4,6-12H;4*2-5,7-9H,1H3;;;;/q8*-1;;;;/i1D3,2D3,15D;1D3,2D3,14D;1D3;;4*1D3;;;;. The van der Waals surface area contributed by atoms with Crippen LogP contribution in [-0.4, -0.2) is 39.9 Å². The van der Waals surface area contributed by atoms with Crippen molar-refractivity contribution in [2.45, 2.75) is 80.4 Å². The van der Waals surface area contributed by atoms with E-state index in [1.807, 2.05) is 182 Å². The first-order valence-corrected chi connectivity index (χ1v) is 42.5. The average Bonchev–Trinajstić information content (AvgIpc) is 0.731. The normalized spacial score (nSPS) is 14.1. The molecule has 20 rings (SSSR count). The Kier molecular flexibility index (Phi) is 31.0. The molecule has 0 saturated carbocycles. The summed E-state index contributed by atoms with van der Waals surface area (Å²) in [4.78, 5) is 34.1. The molecule has 8 aromatic heterocycles. The van der Waals surface area contributed by atoms with Crippen LogP contribution < -0.4 is 0 Å². The minimum absolute atomic E-state index is 0. The molecule has 0 aliphatic heterocycles. The van der Waals surface area contributed by atoms with Crippen molar-refractivity contribution < 1.29 is 138 Å². The summed E-state index contributed by atoms with van der Waals surface area (Å²) >= 11 is 0. The van der Waals surface area contributed by atoms with Crippen molar-refractivity contribution in [2.75, 3.05) is 0 Å². The quantitative estimate of drug-likeness (QED) is 0.0696. The van der Waals surface area contributed by atoms with Gasteiger partial charge in [0, 0.05) is 170 Å². The second-order valence-electron chi connectivity index (χ2n) is 29.7. The Labute approximate surface area is 922 Å². The number of pyridine rings is 8. The van der Waals surface area contributed by atoms with E-state index in [9.17, 15) is 17.6 Å². The van der Waals surface area contributed by atoms with Crippen LogP contribution in [-0.2, 0) is 93.3 Å². The van der Waals surface area contributed by atoms with Crippen molar-refractivity contribution in [1.82, 2.24) is 39.9 Å². The van der Waals surface area contributed by atoms with E-state index in [1.165, 1.54) is 67.4 Å². The third kappa shape index (κ3) is 34.6. The second-order valence-corrected chi connectivity index (χ2v) is 29.7. The molecule has 0 unspecified atom stereocenters. The first-order valence-electron chi connectivity index (χ1n) is 57.0. The number of halogens is 4. The van der Waals surface area contributed by atoms with Gasteiger partial charge in [-0.05, 0) is 230 Å². The molecule has 8 heterocycles. The van der Waals surface area contributed by atoms with Gasteiger partial charge in [0.05, 0.1) is 0 Å². The van der Waals surface area contributed by atoms with Crippen molar-refractivity contribution in [3.05, 3.63) is 530 Å². The minimum atomic E-state index is -3.26. The first-order chi connectivity index (χ1) is 78.4. The van der Waals surface area contributed by atoms with Gasteiger partial charge in [0.15, 0.2) is 0 Å². The number of hydrogen-bond donors (Lipinski definition) is 0. The van der Waals surface area contributed by atoms with E-state index in [1.54, 1.807) is 152 Å². The molecule has 16 heteroatoms. The smallest absolute Gasteiger partial charge is 0.126 e. The number of nitrogens with zero attached hydrogens (tertiary/aromatic N) is 8. The third-order valence-electron chi connectivity index (χ3n) is 20.1. The predicted molar refractivity (Wildman–Crippen MR) is 551 cm³/mol. The van der Waals surface area contributed by atoms with E-state index in [4.69, 9.17) is 39.8 Å². The first kappa shape index (κ1) is 75.1. The van der Waals surface area contributed by atoms with Crippen molar-refractivity contribution in [2.24, 2.45) is 5.89 Å². The molecule has 0 aliphatic rings. The molecular weight excluding hydrogens is 2460 g/mol. The summed E-state index contributed by atoms with van der Waals surface area (Å²) in [5.41, 5.74) is 18.8. The van der Waals surface area contributed by atoms with E-state index < -0.39 is 103 Å². The zero-order chi connectivity index (χ0) is 120. The van der Waals surface area contributed by atoms with Gasteiger partial charge in [-0.2, -0.15) is 0 Å². The molecule has 0 saturated heterocycles. The number of aryl methyl sites for hydroxylation is 5. The second kappa shape index (κ2) is 58.3. The summed E-state index contributed by atoms with van der Waals surface area (Å²) < 4.78 is 271. The molecule has 141 heavy (non-hydrogen) atoms. The van der Waals surface area contributed by atoms with Crippen LogP contribution >= 0.6 is 0 Å². The van der Waals surface area contributed by atoms with Gasteiger partial charge in [-0.15, -0.1) is 287 Å². The Morgan fingerprint density at radius 1 is 0.248 bits per heavy atom. The SMILES string of the molecule is Fc1ccc(-c2ccc(-c3[c-]cccc3)nc2)cc1.[2H]C([2H])([2H])C([2H])(Cc1cc(-c2ccc(-c3[c-]cccc3)nc2)ccc1F)C([2H])([2H])[2H].[2H]C([2H])([2H])C([2H])(c1cc(-c2ccc(-c3[c-]cccc3)nc2)ccc1F)C([2H])([2H])[2H].[2H]C([2H])([2H])Cc1cc(-c2ccc(-c3[c-]cccc3)nc2)ccc1F.[2H]C([2H])([2H])c1ccc(-c2[c-]cccc2)nc1.[2H]C([2H])([2H])c1ccc(-c2[c-]cccc2)nc1.[2H]C([2H])([2H])c1ccc(-c2[c-]cccc2)nc1.[2H]C([2H])([2H])c1ccc(-c2[c-]cccc2)nc1.[Ir].[Ir].[Ir].[Ir]. The Morgan fingerprint density at radius 2 is 0.496 bits per heavy atom. The molecular formula is C125H102F4Ir4N8-8. The average molecular weight is 2590 g/mol. The Bertz CT molecular complexity index is 7850. The van der Waals surface area contributed by atoms with Gasteiger partial charge in [0.2, 0.25) is 0 Å². The number of benzene rings is 12. The number of hydrogen-bond acceptors (Lipinski definition) is 8. The predicted octanol–water partition coefficient (Wildman–Crippen LogP) is 31.7. The van der Waals surface area contributed by atoms with Gasteiger partial charge in [-0.1, -0.05) is 162 Å². The number of rotatable bonds is 16. The molecule has 12 aromatic carbocycles. The fourth-order valence-corrected chi connectivity index (χ4v) is 13.0. The van der Waals surface area contributed by atoms with Crippen molar-refractivity contribution in [1.29, 1.82) is 0 Å². The molecule has 0 bridgehead atoms. The molecule has 0 fully saturated rings. The van der Waals surface area contributed by atoms with Crippen LogP contribution in [0.15, 0.2) is 420 Å². The molecule has 20 aromatic rings. The Hall–Kier alpha value is -13.8. The minimum Gasteiger partial charge on any atom is -0.304 e. The van der Waals surface area contributed by atoms with Gasteiger partial charge < -0.3 is 39.9 Å². The molecule has 0 amide bonds. The van der Waals surface area contributed by atoms with Gasteiger partial charge >= 0.3 is 0 Å². The summed E-state index contributed by atoms with van der Waals surface area (Å²) in [5, 5.41) is 0. The van der Waals surface area contributed by atoms with Crippen LogP contribution in [0.4, 0.5) is 17.6 Å². The monoisotopic (exact) mass is 2590 g/mol. The van der Waals surface area contributed by atoms with Crippen LogP contribution in [0.2, 0.25) is 0 Å². The Balaban J connectivity index is 0.000000215. The van der Waals surface area contributed by atoms with Crippen LogP contribution in [0.3, 0.4) is 0 Å². The number of aromatic nitrogens is 8. The molecule has 0 aliphatic carbocycles. The maximum absolute atomic E-state index is 14.5. The van der Waals surface area contributed by atoms with E-state index in [0.29, 0.717) is 33.6 Å². The van der Waals surface area contributed by atoms with E-state index in [0.717, 1.165) is 119 Å². The maximum atomic E-state index is 14.5. The molecule has 714 valence electrons. The van der Waals surface area contributed by atoms with E-state index >= 15 is 0 Å².